The molecule has 0 bridgehead atoms. The van der Waals surface area contributed by atoms with E-state index in [4.69, 9.17) is 4.74 Å². The quantitative estimate of drug-likeness (QED) is 0.490. The number of carbonyl (C=O) groups is 2. The lowest BCUT2D eigenvalue weighted by molar-refractivity contribution is -0.119. The van der Waals surface area contributed by atoms with Gasteiger partial charge in [-0.15, -0.1) is 0 Å². The van der Waals surface area contributed by atoms with Crippen molar-refractivity contribution in [1.82, 2.24) is 15.6 Å². The fourth-order valence-electron chi connectivity index (χ4n) is 4.17. The van der Waals surface area contributed by atoms with Gasteiger partial charge in [-0.25, -0.2) is 9.18 Å². The van der Waals surface area contributed by atoms with Crippen LogP contribution < -0.4 is 15.5 Å². The number of nitrogens with one attached hydrogen (secondary N) is 2. The normalized spacial score (nSPS) is 17.1. The number of halogens is 1. The first-order valence-electron chi connectivity index (χ1n) is 11.6. The summed E-state index contributed by atoms with van der Waals surface area (Å²) >= 11 is 0. The van der Waals surface area contributed by atoms with E-state index in [-0.39, 0.29) is 31.1 Å². The molecule has 3 unspecified atom stereocenters. The number of aromatic nitrogens is 1. The van der Waals surface area contributed by atoms with E-state index < -0.39 is 18.0 Å². The van der Waals surface area contributed by atoms with Crippen LogP contribution in [0.4, 0.5) is 14.9 Å². The van der Waals surface area contributed by atoms with Crippen LogP contribution in [0, 0.1) is 5.82 Å². The molecule has 1 saturated heterocycles. The molecule has 2 heterocycles. The van der Waals surface area contributed by atoms with Crippen LogP contribution in [0.1, 0.15) is 44.0 Å². The number of rotatable bonds is 8. The zero-order chi connectivity index (χ0) is 24.9. The van der Waals surface area contributed by atoms with Gasteiger partial charge >= 0.3 is 6.09 Å². The number of pyridine rings is 1. The molecule has 0 aliphatic carbocycles. The molecular formula is C27H29FN4O3. The van der Waals surface area contributed by atoms with Gasteiger partial charge in [0.1, 0.15) is 11.9 Å². The minimum absolute atomic E-state index is 0.103. The van der Waals surface area contributed by atoms with Gasteiger partial charge < -0.3 is 15.4 Å². The molecule has 35 heavy (non-hydrogen) atoms. The molecule has 0 spiro atoms. The molecule has 3 atom stereocenters. The minimum Gasteiger partial charge on any atom is -0.442 e. The number of amides is 2. The Bertz CT molecular complexity index is 1190. The monoisotopic (exact) mass is 476 g/mol. The molecule has 1 aliphatic rings. The molecule has 1 fully saturated rings. The Balaban J connectivity index is 1.42. The van der Waals surface area contributed by atoms with E-state index in [0.717, 1.165) is 16.7 Å². The maximum Gasteiger partial charge on any atom is 0.414 e. The summed E-state index contributed by atoms with van der Waals surface area (Å²) in [5, 5.41) is 6.20. The van der Waals surface area contributed by atoms with Gasteiger partial charge in [0.2, 0.25) is 5.91 Å². The lowest BCUT2D eigenvalue weighted by Gasteiger charge is -2.21. The third-order valence-corrected chi connectivity index (χ3v) is 6.14. The van der Waals surface area contributed by atoms with E-state index in [9.17, 15) is 9.59 Å². The Morgan fingerprint density at radius 1 is 1.09 bits per heavy atom. The molecule has 2 N–H and O–H groups in total. The van der Waals surface area contributed by atoms with Crippen LogP contribution >= 0.6 is 0 Å². The lowest BCUT2D eigenvalue weighted by atomic mass is 9.99. The molecule has 1 aliphatic heterocycles. The van der Waals surface area contributed by atoms with Crippen molar-refractivity contribution in [3.63, 3.8) is 0 Å². The maximum atomic E-state index is 15.0. The molecule has 8 heteroatoms. The second kappa shape index (κ2) is 10.7. The lowest BCUT2D eigenvalue weighted by Crippen LogP contribution is -2.33. The van der Waals surface area contributed by atoms with Gasteiger partial charge in [0.25, 0.3) is 0 Å². The van der Waals surface area contributed by atoms with E-state index in [1.807, 2.05) is 36.4 Å². The van der Waals surface area contributed by atoms with Gasteiger partial charge in [-0.3, -0.25) is 14.7 Å². The fraction of sp³-hybridized carbons (Fsp3) is 0.296. The minimum atomic E-state index is -0.556. The van der Waals surface area contributed by atoms with Gasteiger partial charge in [-0.05, 0) is 60.9 Å². The summed E-state index contributed by atoms with van der Waals surface area (Å²) in [5.74, 6) is -0.625. The van der Waals surface area contributed by atoms with Crippen LogP contribution in [0.25, 0.3) is 11.1 Å². The average Bonchev–Trinajstić information content (AvgIpc) is 3.23. The SMILES string of the molecule is CC(=O)NCC1CN(c2ccc(-c3ccc(C(C)NC(C)c4ccncc4)cc3)c(F)c2)C(=O)O1. The third kappa shape index (κ3) is 5.84. The first kappa shape index (κ1) is 24.3. The van der Waals surface area contributed by atoms with E-state index in [1.54, 1.807) is 24.5 Å². The van der Waals surface area contributed by atoms with E-state index in [0.29, 0.717) is 11.3 Å². The number of benzene rings is 2. The van der Waals surface area contributed by atoms with Crippen molar-refractivity contribution in [2.45, 2.75) is 39.0 Å². The molecule has 182 valence electrons. The Kier molecular flexibility index (Phi) is 7.41. The molecule has 0 radical (unpaired) electrons. The number of anilines is 1. The summed E-state index contributed by atoms with van der Waals surface area (Å²) in [7, 11) is 0. The number of hydrogen-bond donors (Lipinski definition) is 2. The summed E-state index contributed by atoms with van der Waals surface area (Å²) in [5.41, 5.74) is 3.87. The van der Waals surface area contributed by atoms with Gasteiger partial charge in [0.05, 0.1) is 18.8 Å². The molecule has 1 aromatic heterocycles. The molecule has 4 rings (SSSR count). The summed E-state index contributed by atoms with van der Waals surface area (Å²) < 4.78 is 20.3. The number of nitrogens with zero attached hydrogens (tertiary/aromatic N) is 2. The van der Waals surface area contributed by atoms with E-state index in [2.05, 4.69) is 29.5 Å². The molecular weight excluding hydrogens is 447 g/mol. The number of cyclic esters (lactones) is 1. The van der Waals surface area contributed by atoms with Crippen molar-refractivity contribution in [3.05, 3.63) is 83.9 Å². The Hall–Kier alpha value is -3.78. The van der Waals surface area contributed by atoms with Crippen LogP contribution in [0.15, 0.2) is 67.0 Å². The van der Waals surface area contributed by atoms with E-state index in [1.165, 1.54) is 17.9 Å². The Morgan fingerprint density at radius 3 is 2.37 bits per heavy atom. The molecule has 2 amide bonds. The van der Waals surface area contributed by atoms with Gasteiger partial charge in [0, 0.05) is 37.0 Å². The maximum absolute atomic E-state index is 15.0. The first-order chi connectivity index (χ1) is 16.8. The van der Waals surface area contributed by atoms with Crippen LogP contribution in [0.5, 0.6) is 0 Å². The molecule has 2 aromatic carbocycles. The Morgan fingerprint density at radius 2 is 1.74 bits per heavy atom. The van der Waals surface area contributed by atoms with Crippen LogP contribution in [-0.2, 0) is 9.53 Å². The highest BCUT2D eigenvalue weighted by atomic mass is 19.1. The first-order valence-corrected chi connectivity index (χ1v) is 11.6. The number of carbonyl (C=O) groups excluding carboxylic acids is 2. The second-order valence-electron chi connectivity index (χ2n) is 8.73. The molecule has 3 aromatic rings. The summed E-state index contributed by atoms with van der Waals surface area (Å²) in [6, 6.07) is 16.7. The van der Waals surface area contributed by atoms with Crippen LogP contribution in [0.3, 0.4) is 0 Å². The van der Waals surface area contributed by atoms with Crippen molar-refractivity contribution < 1.29 is 18.7 Å². The predicted octanol–water partition coefficient (Wildman–Crippen LogP) is 4.76. The van der Waals surface area contributed by atoms with Gasteiger partial charge in [0.15, 0.2) is 0 Å². The van der Waals surface area contributed by atoms with Crippen LogP contribution in [-0.4, -0.2) is 36.2 Å². The summed E-state index contributed by atoms with van der Waals surface area (Å²) in [6.45, 7) is 6.07. The highest BCUT2D eigenvalue weighted by molar-refractivity contribution is 5.90. The number of ether oxygens (including phenoxy) is 1. The van der Waals surface area contributed by atoms with Crippen molar-refractivity contribution in [2.75, 3.05) is 18.0 Å². The molecule has 0 saturated carbocycles. The van der Waals surface area contributed by atoms with Crippen molar-refractivity contribution >= 4 is 17.7 Å². The highest BCUT2D eigenvalue weighted by Gasteiger charge is 2.32. The summed E-state index contributed by atoms with van der Waals surface area (Å²) in [4.78, 5) is 28.8. The topological polar surface area (TPSA) is 83.6 Å². The van der Waals surface area contributed by atoms with Crippen LogP contribution in [0.2, 0.25) is 0 Å². The zero-order valence-corrected chi connectivity index (χ0v) is 20.0. The standard InChI is InChI=1S/C27H29FN4O3/c1-17(31-18(2)21-10-12-29-13-11-21)20-4-6-22(7-5-20)25-9-8-23(14-26(25)28)32-16-24(35-27(32)34)15-30-19(3)33/h4-14,17-18,24,31H,15-16H2,1-3H3,(H,30,33). The smallest absolute Gasteiger partial charge is 0.414 e. The molecule has 7 nitrogen and oxygen atoms in total. The van der Waals surface area contributed by atoms with E-state index >= 15 is 4.39 Å². The number of hydrogen-bond acceptors (Lipinski definition) is 5. The zero-order valence-electron chi connectivity index (χ0n) is 20.0. The van der Waals surface area contributed by atoms with Gasteiger partial charge in [-0.2, -0.15) is 0 Å². The highest BCUT2D eigenvalue weighted by Crippen LogP contribution is 2.30. The second-order valence-corrected chi connectivity index (χ2v) is 8.73. The third-order valence-electron chi connectivity index (χ3n) is 6.14. The van der Waals surface area contributed by atoms with Gasteiger partial charge in [-0.1, -0.05) is 24.3 Å². The van der Waals surface area contributed by atoms with Crippen molar-refractivity contribution in [2.24, 2.45) is 0 Å². The average molecular weight is 477 g/mol. The van der Waals surface area contributed by atoms with Crippen molar-refractivity contribution in [1.29, 1.82) is 0 Å². The van der Waals surface area contributed by atoms with Crippen molar-refractivity contribution in [3.8, 4) is 11.1 Å². The fourth-order valence-corrected chi connectivity index (χ4v) is 4.17. The Labute approximate surface area is 204 Å². The predicted molar refractivity (Wildman–Crippen MR) is 132 cm³/mol. The summed E-state index contributed by atoms with van der Waals surface area (Å²) in [6.07, 6.45) is 2.53. The largest absolute Gasteiger partial charge is 0.442 e.